The first-order chi connectivity index (χ1) is 8.08. The van der Waals surface area contributed by atoms with Crippen molar-refractivity contribution in [1.29, 1.82) is 0 Å². The average molecular weight is 257 g/mol. The highest BCUT2D eigenvalue weighted by Gasteiger charge is 2.15. The summed E-state index contributed by atoms with van der Waals surface area (Å²) in [7, 11) is 0. The Kier molecular flexibility index (Phi) is 5.44. The predicted octanol–water partition coefficient (Wildman–Crippen LogP) is 2.48. The standard InChI is InChI=1S/C12H19NO3S/c1-4-13(5-2)6-7-16-10-8-9(3)17-11(10)12(14)15/h8H,4-7H2,1-3H3,(H,14,15). The van der Waals surface area contributed by atoms with E-state index in [0.717, 1.165) is 24.5 Å². The zero-order valence-corrected chi connectivity index (χ0v) is 11.3. The predicted molar refractivity (Wildman–Crippen MR) is 69.3 cm³/mol. The third-order valence-corrected chi connectivity index (χ3v) is 3.59. The van der Waals surface area contributed by atoms with E-state index in [-0.39, 0.29) is 0 Å². The van der Waals surface area contributed by atoms with Crippen molar-refractivity contribution in [1.82, 2.24) is 4.90 Å². The van der Waals surface area contributed by atoms with Crippen LogP contribution in [0.5, 0.6) is 5.75 Å². The van der Waals surface area contributed by atoms with E-state index in [9.17, 15) is 4.79 Å². The van der Waals surface area contributed by atoms with Gasteiger partial charge in [0.2, 0.25) is 0 Å². The van der Waals surface area contributed by atoms with Crippen molar-refractivity contribution in [3.8, 4) is 5.75 Å². The molecule has 5 heteroatoms. The maximum atomic E-state index is 11.0. The van der Waals surface area contributed by atoms with Crippen molar-refractivity contribution in [3.63, 3.8) is 0 Å². The van der Waals surface area contributed by atoms with Gasteiger partial charge in [0.1, 0.15) is 12.4 Å². The number of likely N-dealkylation sites (N-methyl/N-ethyl adjacent to an activating group) is 1. The van der Waals surface area contributed by atoms with Gasteiger partial charge >= 0.3 is 5.97 Å². The van der Waals surface area contributed by atoms with Crippen LogP contribution in [0.1, 0.15) is 28.4 Å². The molecule has 0 atom stereocenters. The number of ether oxygens (including phenoxy) is 1. The maximum absolute atomic E-state index is 11.0. The lowest BCUT2D eigenvalue weighted by Gasteiger charge is -2.17. The normalized spacial score (nSPS) is 10.8. The summed E-state index contributed by atoms with van der Waals surface area (Å²) in [6.45, 7) is 9.39. The van der Waals surface area contributed by atoms with Crippen LogP contribution in [0.3, 0.4) is 0 Å². The van der Waals surface area contributed by atoms with Gasteiger partial charge in [-0.05, 0) is 26.1 Å². The maximum Gasteiger partial charge on any atom is 0.349 e. The lowest BCUT2D eigenvalue weighted by molar-refractivity contribution is 0.0697. The Labute approximate surface area is 106 Å². The van der Waals surface area contributed by atoms with Crippen LogP contribution in [0.4, 0.5) is 0 Å². The molecule has 17 heavy (non-hydrogen) atoms. The third kappa shape index (κ3) is 4.02. The molecule has 0 radical (unpaired) electrons. The molecule has 0 aliphatic carbocycles. The summed E-state index contributed by atoms with van der Waals surface area (Å²) in [5.41, 5.74) is 0. The molecule has 1 heterocycles. The number of nitrogens with zero attached hydrogens (tertiary/aromatic N) is 1. The monoisotopic (exact) mass is 257 g/mol. The Morgan fingerprint density at radius 2 is 2.12 bits per heavy atom. The van der Waals surface area contributed by atoms with E-state index in [1.54, 1.807) is 6.07 Å². The van der Waals surface area contributed by atoms with Crippen LogP contribution < -0.4 is 4.74 Å². The minimum Gasteiger partial charge on any atom is -0.490 e. The summed E-state index contributed by atoms with van der Waals surface area (Å²) in [6, 6.07) is 1.79. The molecule has 0 spiro atoms. The third-order valence-electron chi connectivity index (χ3n) is 2.57. The molecule has 0 unspecified atom stereocenters. The molecule has 0 fully saturated rings. The fourth-order valence-electron chi connectivity index (χ4n) is 1.57. The number of hydrogen-bond donors (Lipinski definition) is 1. The summed E-state index contributed by atoms with van der Waals surface area (Å²) < 4.78 is 5.54. The van der Waals surface area contributed by atoms with Gasteiger partial charge < -0.3 is 14.7 Å². The number of rotatable bonds is 7. The minimum absolute atomic E-state index is 0.294. The highest BCUT2D eigenvalue weighted by Crippen LogP contribution is 2.28. The van der Waals surface area contributed by atoms with Crippen molar-refractivity contribution >= 4 is 17.3 Å². The van der Waals surface area contributed by atoms with Crippen LogP contribution in [-0.4, -0.2) is 42.2 Å². The number of hydrogen-bond acceptors (Lipinski definition) is 4. The van der Waals surface area contributed by atoms with Crippen molar-refractivity contribution in [3.05, 3.63) is 15.8 Å². The number of carbonyl (C=O) groups is 1. The zero-order chi connectivity index (χ0) is 12.8. The van der Waals surface area contributed by atoms with E-state index in [1.807, 2.05) is 6.92 Å². The Morgan fingerprint density at radius 3 is 2.65 bits per heavy atom. The van der Waals surface area contributed by atoms with Gasteiger partial charge in [0.15, 0.2) is 4.88 Å². The van der Waals surface area contributed by atoms with Crippen LogP contribution in [0.25, 0.3) is 0 Å². The molecule has 0 bridgehead atoms. The smallest absolute Gasteiger partial charge is 0.349 e. The number of thiophene rings is 1. The largest absolute Gasteiger partial charge is 0.490 e. The van der Waals surface area contributed by atoms with Gasteiger partial charge in [0, 0.05) is 11.4 Å². The molecule has 96 valence electrons. The van der Waals surface area contributed by atoms with Crippen LogP contribution in [0.2, 0.25) is 0 Å². The van der Waals surface area contributed by atoms with Gasteiger partial charge in [-0.3, -0.25) is 0 Å². The molecule has 0 saturated heterocycles. The molecule has 1 rings (SSSR count). The Morgan fingerprint density at radius 1 is 1.47 bits per heavy atom. The van der Waals surface area contributed by atoms with Gasteiger partial charge in [-0.2, -0.15) is 0 Å². The SMILES string of the molecule is CCN(CC)CCOc1cc(C)sc1C(=O)O. The quantitative estimate of drug-likeness (QED) is 0.815. The highest BCUT2D eigenvalue weighted by molar-refractivity contribution is 7.14. The number of aromatic carboxylic acids is 1. The van der Waals surface area contributed by atoms with Gasteiger partial charge in [-0.15, -0.1) is 11.3 Å². The topological polar surface area (TPSA) is 49.8 Å². The van der Waals surface area contributed by atoms with E-state index >= 15 is 0 Å². The Bertz CT molecular complexity index is 372. The average Bonchev–Trinajstić information content (AvgIpc) is 2.66. The van der Waals surface area contributed by atoms with Gasteiger partial charge in [0.25, 0.3) is 0 Å². The van der Waals surface area contributed by atoms with E-state index < -0.39 is 5.97 Å². The van der Waals surface area contributed by atoms with Crippen LogP contribution in [0.15, 0.2) is 6.07 Å². The fraction of sp³-hybridized carbons (Fsp3) is 0.583. The number of aryl methyl sites for hydroxylation is 1. The second-order valence-corrected chi connectivity index (χ2v) is 4.99. The molecule has 4 nitrogen and oxygen atoms in total. The molecular weight excluding hydrogens is 238 g/mol. The van der Waals surface area contributed by atoms with Gasteiger partial charge in [-0.1, -0.05) is 13.8 Å². The lowest BCUT2D eigenvalue weighted by atomic mass is 10.4. The van der Waals surface area contributed by atoms with E-state index in [1.165, 1.54) is 11.3 Å². The second kappa shape index (κ2) is 6.61. The van der Waals surface area contributed by atoms with Crippen molar-refractivity contribution in [2.24, 2.45) is 0 Å². The van der Waals surface area contributed by atoms with Crippen molar-refractivity contribution < 1.29 is 14.6 Å². The van der Waals surface area contributed by atoms with E-state index in [4.69, 9.17) is 9.84 Å². The van der Waals surface area contributed by atoms with E-state index in [0.29, 0.717) is 17.2 Å². The summed E-state index contributed by atoms with van der Waals surface area (Å²) in [5, 5.41) is 9.00. The Balaban J connectivity index is 2.54. The highest BCUT2D eigenvalue weighted by atomic mass is 32.1. The summed E-state index contributed by atoms with van der Waals surface area (Å²) in [6.07, 6.45) is 0. The Hall–Kier alpha value is -1.07. The first kappa shape index (κ1) is 14.0. The molecule has 0 saturated carbocycles. The minimum atomic E-state index is -0.916. The molecule has 1 aromatic heterocycles. The molecular formula is C12H19NO3S. The summed E-state index contributed by atoms with van der Waals surface area (Å²) in [4.78, 5) is 14.5. The fourth-order valence-corrected chi connectivity index (χ4v) is 2.37. The molecule has 0 amide bonds. The van der Waals surface area contributed by atoms with Crippen molar-refractivity contribution in [2.75, 3.05) is 26.2 Å². The molecule has 0 aromatic carbocycles. The molecule has 1 N–H and O–H groups in total. The van der Waals surface area contributed by atoms with Crippen LogP contribution >= 0.6 is 11.3 Å². The zero-order valence-electron chi connectivity index (χ0n) is 10.5. The summed E-state index contributed by atoms with van der Waals surface area (Å²) in [5.74, 6) is -0.423. The first-order valence-electron chi connectivity index (χ1n) is 5.77. The number of carboxylic acids is 1. The first-order valence-corrected chi connectivity index (χ1v) is 6.59. The van der Waals surface area contributed by atoms with Gasteiger partial charge in [0.05, 0.1) is 0 Å². The van der Waals surface area contributed by atoms with Crippen LogP contribution in [-0.2, 0) is 0 Å². The van der Waals surface area contributed by atoms with E-state index in [2.05, 4.69) is 18.7 Å². The second-order valence-electron chi connectivity index (χ2n) is 3.73. The van der Waals surface area contributed by atoms with Gasteiger partial charge in [-0.25, -0.2) is 4.79 Å². The molecule has 0 aliphatic heterocycles. The summed E-state index contributed by atoms with van der Waals surface area (Å²) >= 11 is 1.25. The molecule has 0 aliphatic rings. The number of carboxylic acid groups (broad SMARTS) is 1. The lowest BCUT2D eigenvalue weighted by Crippen LogP contribution is -2.28. The molecule has 1 aromatic rings. The van der Waals surface area contributed by atoms with Crippen LogP contribution in [0, 0.1) is 6.92 Å². The van der Waals surface area contributed by atoms with Crippen molar-refractivity contribution in [2.45, 2.75) is 20.8 Å².